The summed E-state index contributed by atoms with van der Waals surface area (Å²) in [6.45, 7) is 5.75. The molecule has 7 atom stereocenters. The summed E-state index contributed by atoms with van der Waals surface area (Å²) < 4.78 is 11.3. The topological polar surface area (TPSA) is 38.8 Å². The zero-order chi connectivity index (χ0) is 16.8. The van der Waals surface area contributed by atoms with Crippen molar-refractivity contribution in [3.8, 4) is 0 Å². The molecule has 1 heterocycles. The van der Waals surface area contributed by atoms with Crippen molar-refractivity contribution in [2.24, 2.45) is 34.0 Å². The Hall–Kier alpha value is -0.570. The summed E-state index contributed by atoms with van der Waals surface area (Å²) in [5.74, 6) is 2.14. The minimum atomic E-state index is -0.271. The number of rotatable bonds is 1. The first-order valence-corrected chi connectivity index (χ1v) is 10.1. The van der Waals surface area contributed by atoms with E-state index < -0.39 is 0 Å². The van der Waals surface area contributed by atoms with Crippen LogP contribution in [0, 0.1) is 34.0 Å². The van der Waals surface area contributed by atoms with Crippen LogP contribution in [0.1, 0.15) is 71.6 Å². The molecule has 1 saturated heterocycles. The molecule has 2 spiro atoms. The fourth-order valence-corrected chi connectivity index (χ4v) is 8.51. The van der Waals surface area contributed by atoms with Crippen LogP contribution in [-0.4, -0.2) is 25.3 Å². The van der Waals surface area contributed by atoms with Gasteiger partial charge in [0.2, 0.25) is 0 Å². The Bertz CT molecular complexity index is 582. The third-order valence-electron chi connectivity index (χ3n) is 9.46. The number of fused-ring (bicyclic) bond motifs is 4. The van der Waals surface area contributed by atoms with Gasteiger partial charge in [0.05, 0.1) is 24.7 Å². The molecule has 24 heavy (non-hydrogen) atoms. The lowest BCUT2D eigenvalue weighted by atomic mass is 9.41. The van der Waals surface area contributed by atoms with Crippen molar-refractivity contribution in [3.63, 3.8) is 0 Å². The zero-order valence-corrected chi connectivity index (χ0v) is 15.5. The molecule has 0 aromatic carbocycles. The van der Waals surface area contributed by atoms with E-state index in [0.717, 1.165) is 24.9 Å². The quantitative estimate of drug-likeness (QED) is 0.529. The number of ether oxygens (including phenoxy) is 2. The standard InChI is InChI=1S/C21H32O3/c1-18-8-4-9-19(2,17(22)23-3)15(18)7-10-20-11-14(5-6-16(18)20)21(12-20)13-24-21/h14-16H,4-13H2,1-3H3/t14-,15+,16+,18-,19-,20+,21-/m1/s1. The Morgan fingerprint density at radius 1 is 1.08 bits per heavy atom. The summed E-state index contributed by atoms with van der Waals surface area (Å²) >= 11 is 0. The molecule has 4 aliphatic carbocycles. The molecule has 5 rings (SSSR count). The molecule has 4 saturated carbocycles. The Labute approximate surface area is 145 Å². The average Bonchev–Trinajstić information content (AvgIpc) is 3.29. The number of carbonyl (C=O) groups excluding carboxylic acids is 1. The lowest BCUT2D eigenvalue weighted by molar-refractivity contribution is -0.183. The number of hydrogen-bond acceptors (Lipinski definition) is 3. The first kappa shape index (κ1) is 15.7. The highest BCUT2D eigenvalue weighted by Gasteiger charge is 2.71. The predicted octanol–water partition coefficient (Wildman–Crippen LogP) is 4.34. The van der Waals surface area contributed by atoms with Crippen LogP contribution in [0.25, 0.3) is 0 Å². The molecule has 0 amide bonds. The fraction of sp³-hybridized carbons (Fsp3) is 0.952. The lowest BCUT2D eigenvalue weighted by Crippen LogP contribution is -2.58. The van der Waals surface area contributed by atoms with Crippen LogP contribution in [0.2, 0.25) is 0 Å². The molecule has 2 bridgehead atoms. The van der Waals surface area contributed by atoms with Gasteiger partial charge in [0.25, 0.3) is 0 Å². The maximum Gasteiger partial charge on any atom is 0.311 e. The Balaban J connectivity index is 1.53. The average molecular weight is 332 g/mol. The molecule has 5 fully saturated rings. The highest BCUT2D eigenvalue weighted by atomic mass is 16.6. The third kappa shape index (κ3) is 1.70. The molecule has 0 radical (unpaired) electrons. The van der Waals surface area contributed by atoms with Gasteiger partial charge in [-0.1, -0.05) is 13.3 Å². The fourth-order valence-electron chi connectivity index (χ4n) is 8.51. The van der Waals surface area contributed by atoms with Crippen molar-refractivity contribution in [1.82, 2.24) is 0 Å². The van der Waals surface area contributed by atoms with E-state index in [4.69, 9.17) is 9.47 Å². The number of carbonyl (C=O) groups is 1. The largest absolute Gasteiger partial charge is 0.469 e. The van der Waals surface area contributed by atoms with Crippen molar-refractivity contribution < 1.29 is 14.3 Å². The monoisotopic (exact) mass is 332 g/mol. The van der Waals surface area contributed by atoms with Crippen LogP contribution < -0.4 is 0 Å². The minimum Gasteiger partial charge on any atom is -0.469 e. The molecule has 0 aromatic rings. The van der Waals surface area contributed by atoms with Crippen LogP contribution in [0.3, 0.4) is 0 Å². The molecular weight excluding hydrogens is 300 g/mol. The highest BCUT2D eigenvalue weighted by molar-refractivity contribution is 5.77. The number of hydrogen-bond donors (Lipinski definition) is 0. The molecule has 0 aromatic heterocycles. The van der Waals surface area contributed by atoms with Crippen LogP contribution in [0.15, 0.2) is 0 Å². The molecule has 3 nitrogen and oxygen atoms in total. The van der Waals surface area contributed by atoms with Crippen molar-refractivity contribution in [2.75, 3.05) is 13.7 Å². The molecule has 0 unspecified atom stereocenters. The van der Waals surface area contributed by atoms with Gasteiger partial charge in [-0.05, 0) is 86.9 Å². The number of methoxy groups -OCH3 is 1. The maximum atomic E-state index is 12.7. The van der Waals surface area contributed by atoms with Gasteiger partial charge >= 0.3 is 5.97 Å². The second-order valence-electron chi connectivity index (χ2n) is 10.3. The molecule has 134 valence electrons. The molecule has 0 N–H and O–H groups in total. The molecule has 1 aliphatic heterocycles. The van der Waals surface area contributed by atoms with E-state index in [-0.39, 0.29) is 17.0 Å². The molecule has 3 heteroatoms. The SMILES string of the molecule is COC(=O)[C@]1(C)CCC[C@@]2(C)[C@@H]3CC[C@@H]4C[C@@]3(CC[C@@H]21)C[C@@]41CO1. The van der Waals surface area contributed by atoms with Crippen molar-refractivity contribution >= 4 is 5.97 Å². The van der Waals surface area contributed by atoms with Crippen LogP contribution in [-0.2, 0) is 14.3 Å². The van der Waals surface area contributed by atoms with Gasteiger partial charge in [-0.25, -0.2) is 0 Å². The summed E-state index contributed by atoms with van der Waals surface area (Å²) in [6, 6.07) is 0. The number of epoxide rings is 1. The van der Waals surface area contributed by atoms with Crippen molar-refractivity contribution in [2.45, 2.75) is 77.2 Å². The summed E-state index contributed by atoms with van der Waals surface area (Å²) in [6.07, 6.45) is 11.4. The predicted molar refractivity (Wildman–Crippen MR) is 91.4 cm³/mol. The smallest absolute Gasteiger partial charge is 0.311 e. The number of esters is 1. The Morgan fingerprint density at radius 3 is 2.58 bits per heavy atom. The Kier molecular flexibility index (Phi) is 2.99. The van der Waals surface area contributed by atoms with Crippen LogP contribution in [0.5, 0.6) is 0 Å². The summed E-state index contributed by atoms with van der Waals surface area (Å²) in [5, 5.41) is 0. The summed E-state index contributed by atoms with van der Waals surface area (Å²) in [7, 11) is 1.57. The van der Waals surface area contributed by atoms with E-state index in [2.05, 4.69) is 13.8 Å². The van der Waals surface area contributed by atoms with Gasteiger partial charge in [-0.15, -0.1) is 0 Å². The van der Waals surface area contributed by atoms with Gasteiger partial charge in [0, 0.05) is 0 Å². The first-order chi connectivity index (χ1) is 11.4. The van der Waals surface area contributed by atoms with Gasteiger partial charge in [0.1, 0.15) is 0 Å². The van der Waals surface area contributed by atoms with E-state index in [1.54, 1.807) is 7.11 Å². The van der Waals surface area contributed by atoms with E-state index in [9.17, 15) is 4.79 Å². The third-order valence-corrected chi connectivity index (χ3v) is 9.46. The molecular formula is C21H32O3. The second kappa shape index (κ2) is 4.58. The summed E-state index contributed by atoms with van der Waals surface area (Å²) in [4.78, 5) is 12.7. The zero-order valence-electron chi connectivity index (χ0n) is 15.5. The molecule has 5 aliphatic rings. The van der Waals surface area contributed by atoms with Gasteiger partial charge in [0.15, 0.2) is 0 Å². The van der Waals surface area contributed by atoms with Gasteiger partial charge in [-0.3, -0.25) is 4.79 Å². The van der Waals surface area contributed by atoms with Gasteiger partial charge in [-0.2, -0.15) is 0 Å². The van der Waals surface area contributed by atoms with E-state index in [0.29, 0.717) is 16.7 Å². The van der Waals surface area contributed by atoms with Crippen molar-refractivity contribution in [3.05, 3.63) is 0 Å². The van der Waals surface area contributed by atoms with E-state index in [1.165, 1.54) is 51.4 Å². The van der Waals surface area contributed by atoms with E-state index >= 15 is 0 Å². The van der Waals surface area contributed by atoms with Crippen LogP contribution >= 0.6 is 0 Å². The second-order valence-corrected chi connectivity index (χ2v) is 10.3. The highest BCUT2D eigenvalue weighted by Crippen LogP contribution is 2.75. The van der Waals surface area contributed by atoms with Gasteiger partial charge < -0.3 is 9.47 Å². The summed E-state index contributed by atoms with van der Waals surface area (Å²) in [5.41, 5.74) is 0.828. The first-order valence-electron chi connectivity index (χ1n) is 10.1. The van der Waals surface area contributed by atoms with Crippen molar-refractivity contribution in [1.29, 1.82) is 0 Å². The lowest BCUT2D eigenvalue weighted by Gasteiger charge is -2.63. The Morgan fingerprint density at radius 2 is 1.88 bits per heavy atom. The minimum absolute atomic E-state index is 0.0384. The maximum absolute atomic E-state index is 12.7. The van der Waals surface area contributed by atoms with E-state index in [1.807, 2.05) is 0 Å². The van der Waals surface area contributed by atoms with Crippen LogP contribution in [0.4, 0.5) is 0 Å². The normalized spacial score (nSPS) is 58.0.